The second-order valence-corrected chi connectivity index (χ2v) is 7.43. The number of benzene rings is 1. The molecule has 0 radical (unpaired) electrons. The highest BCUT2D eigenvalue weighted by Crippen LogP contribution is 2.39. The Morgan fingerprint density at radius 2 is 2.11 bits per heavy atom. The maximum Gasteiger partial charge on any atom is 0.254 e. The first kappa shape index (κ1) is 18.1. The largest absolute Gasteiger partial charge is 0.377 e. The average Bonchev–Trinajstić information content (AvgIpc) is 3.09. The van der Waals surface area contributed by atoms with Crippen molar-refractivity contribution in [2.75, 3.05) is 26.3 Å². The van der Waals surface area contributed by atoms with Crippen molar-refractivity contribution >= 4 is 5.91 Å². The number of hydrogen-bond donors (Lipinski definition) is 0. The Hall–Kier alpha value is -2.31. The molecule has 2 saturated heterocycles. The zero-order valence-electron chi connectivity index (χ0n) is 15.1. The lowest BCUT2D eigenvalue weighted by atomic mass is 9.85. The van der Waals surface area contributed by atoms with Crippen LogP contribution in [0.15, 0.2) is 48.8 Å². The van der Waals surface area contributed by atoms with E-state index in [1.54, 1.807) is 30.6 Å². The van der Waals surface area contributed by atoms with Crippen molar-refractivity contribution in [1.29, 1.82) is 0 Å². The van der Waals surface area contributed by atoms with Gasteiger partial charge < -0.3 is 14.4 Å². The third-order valence-electron chi connectivity index (χ3n) is 5.29. The summed E-state index contributed by atoms with van der Waals surface area (Å²) in [6, 6.07) is 9.96. The van der Waals surface area contributed by atoms with Crippen LogP contribution in [-0.4, -0.2) is 47.7 Å². The standard InChI is InChI=1S/C21H23FN2O3/c22-19-3-1-2-16(10-19)12-26-9-6-17-11-21(27-13-17)14-24(15-21)20(25)18-4-7-23-8-5-18/h1-5,7-8,10,17H,6,9,11-15H2. The summed E-state index contributed by atoms with van der Waals surface area (Å²) in [5, 5.41) is 0. The van der Waals surface area contributed by atoms with Crippen LogP contribution in [0, 0.1) is 11.7 Å². The number of nitrogens with zero attached hydrogens (tertiary/aromatic N) is 2. The summed E-state index contributed by atoms with van der Waals surface area (Å²) in [5.74, 6) is 0.238. The third-order valence-corrected chi connectivity index (χ3v) is 5.29. The summed E-state index contributed by atoms with van der Waals surface area (Å²) in [6.07, 6.45) is 5.13. The molecule has 0 N–H and O–H groups in total. The Labute approximate surface area is 158 Å². The second-order valence-electron chi connectivity index (χ2n) is 7.43. The van der Waals surface area contributed by atoms with Gasteiger partial charge in [-0.05, 0) is 48.6 Å². The first-order chi connectivity index (χ1) is 13.1. The van der Waals surface area contributed by atoms with Gasteiger partial charge in [0.2, 0.25) is 0 Å². The van der Waals surface area contributed by atoms with Gasteiger partial charge in [0.1, 0.15) is 11.4 Å². The summed E-state index contributed by atoms with van der Waals surface area (Å²) >= 11 is 0. The molecule has 1 amide bonds. The van der Waals surface area contributed by atoms with Crippen molar-refractivity contribution in [3.63, 3.8) is 0 Å². The number of aromatic nitrogens is 1. The molecule has 1 unspecified atom stereocenters. The maximum atomic E-state index is 13.1. The number of likely N-dealkylation sites (tertiary alicyclic amines) is 1. The predicted octanol–water partition coefficient (Wildman–Crippen LogP) is 3.06. The smallest absolute Gasteiger partial charge is 0.254 e. The Morgan fingerprint density at radius 1 is 1.30 bits per heavy atom. The number of carbonyl (C=O) groups excluding carboxylic acids is 1. The number of rotatable bonds is 6. The summed E-state index contributed by atoms with van der Waals surface area (Å²) in [6.45, 7) is 3.05. The lowest BCUT2D eigenvalue weighted by Crippen LogP contribution is -2.63. The van der Waals surface area contributed by atoms with Gasteiger partial charge in [-0.3, -0.25) is 9.78 Å². The van der Waals surface area contributed by atoms with E-state index in [1.807, 2.05) is 11.0 Å². The molecule has 0 aliphatic carbocycles. The molecule has 2 aromatic rings. The molecular formula is C21H23FN2O3. The Bertz CT molecular complexity index is 793. The Morgan fingerprint density at radius 3 is 2.89 bits per heavy atom. The van der Waals surface area contributed by atoms with Crippen molar-refractivity contribution in [2.24, 2.45) is 5.92 Å². The molecule has 1 aromatic heterocycles. The summed E-state index contributed by atoms with van der Waals surface area (Å²) in [4.78, 5) is 18.2. The maximum absolute atomic E-state index is 13.1. The van der Waals surface area contributed by atoms with Gasteiger partial charge in [0.05, 0.1) is 26.3 Å². The van der Waals surface area contributed by atoms with Crippen LogP contribution in [0.2, 0.25) is 0 Å². The van der Waals surface area contributed by atoms with Gasteiger partial charge in [0, 0.05) is 24.6 Å². The fourth-order valence-electron chi connectivity index (χ4n) is 3.88. The van der Waals surface area contributed by atoms with Gasteiger partial charge in [-0.2, -0.15) is 0 Å². The SMILES string of the molecule is O=C(c1ccncc1)N1CC2(CC(CCOCc3cccc(F)c3)CO2)C1. The quantitative estimate of drug-likeness (QED) is 0.734. The molecule has 142 valence electrons. The molecule has 1 aromatic carbocycles. The van der Waals surface area contributed by atoms with Crippen molar-refractivity contribution in [1.82, 2.24) is 9.88 Å². The highest BCUT2D eigenvalue weighted by Gasteiger charge is 2.51. The number of amides is 1. The van der Waals surface area contributed by atoms with E-state index in [9.17, 15) is 9.18 Å². The van der Waals surface area contributed by atoms with E-state index in [2.05, 4.69) is 4.98 Å². The molecule has 5 nitrogen and oxygen atoms in total. The van der Waals surface area contributed by atoms with Gasteiger partial charge in [-0.25, -0.2) is 4.39 Å². The van der Waals surface area contributed by atoms with E-state index < -0.39 is 0 Å². The Balaban J connectivity index is 1.18. The van der Waals surface area contributed by atoms with E-state index in [0.717, 1.165) is 18.4 Å². The van der Waals surface area contributed by atoms with Crippen LogP contribution in [0.4, 0.5) is 4.39 Å². The van der Waals surface area contributed by atoms with Crippen molar-refractivity contribution in [2.45, 2.75) is 25.0 Å². The van der Waals surface area contributed by atoms with E-state index >= 15 is 0 Å². The number of carbonyl (C=O) groups is 1. The summed E-state index contributed by atoms with van der Waals surface area (Å²) in [5.41, 5.74) is 1.33. The van der Waals surface area contributed by atoms with Gasteiger partial charge in [-0.15, -0.1) is 0 Å². The van der Waals surface area contributed by atoms with E-state index in [0.29, 0.717) is 44.4 Å². The fourth-order valence-corrected chi connectivity index (χ4v) is 3.88. The van der Waals surface area contributed by atoms with Crippen LogP contribution >= 0.6 is 0 Å². The molecule has 2 aliphatic rings. The minimum absolute atomic E-state index is 0.0356. The molecule has 0 bridgehead atoms. The topological polar surface area (TPSA) is 51.7 Å². The predicted molar refractivity (Wildman–Crippen MR) is 97.6 cm³/mol. The lowest BCUT2D eigenvalue weighted by Gasteiger charge is -2.47. The van der Waals surface area contributed by atoms with Crippen LogP contribution in [-0.2, 0) is 16.1 Å². The third kappa shape index (κ3) is 4.17. The number of pyridine rings is 1. The molecule has 1 spiro atoms. The highest BCUT2D eigenvalue weighted by molar-refractivity contribution is 5.94. The molecule has 2 fully saturated rings. The number of hydrogen-bond acceptors (Lipinski definition) is 4. The molecule has 27 heavy (non-hydrogen) atoms. The number of halogens is 1. The van der Waals surface area contributed by atoms with Gasteiger partial charge in [0.15, 0.2) is 0 Å². The van der Waals surface area contributed by atoms with Crippen LogP contribution < -0.4 is 0 Å². The van der Waals surface area contributed by atoms with Crippen LogP contribution in [0.3, 0.4) is 0 Å². The van der Waals surface area contributed by atoms with Gasteiger partial charge in [-0.1, -0.05) is 12.1 Å². The zero-order chi connectivity index (χ0) is 18.7. The van der Waals surface area contributed by atoms with Crippen molar-refractivity contribution in [3.05, 3.63) is 65.7 Å². The average molecular weight is 370 g/mol. The van der Waals surface area contributed by atoms with E-state index in [-0.39, 0.29) is 17.3 Å². The van der Waals surface area contributed by atoms with Crippen LogP contribution in [0.1, 0.15) is 28.8 Å². The van der Waals surface area contributed by atoms with Crippen molar-refractivity contribution in [3.8, 4) is 0 Å². The molecule has 6 heteroatoms. The van der Waals surface area contributed by atoms with Gasteiger partial charge in [0.25, 0.3) is 5.91 Å². The van der Waals surface area contributed by atoms with E-state index in [4.69, 9.17) is 9.47 Å². The summed E-state index contributed by atoms with van der Waals surface area (Å²) in [7, 11) is 0. The zero-order valence-corrected chi connectivity index (χ0v) is 15.1. The van der Waals surface area contributed by atoms with Crippen LogP contribution in [0.5, 0.6) is 0 Å². The fraction of sp³-hybridized carbons (Fsp3) is 0.429. The molecule has 3 heterocycles. The number of ether oxygens (including phenoxy) is 2. The first-order valence-corrected chi connectivity index (χ1v) is 9.29. The van der Waals surface area contributed by atoms with Gasteiger partial charge >= 0.3 is 0 Å². The molecule has 2 aliphatic heterocycles. The second kappa shape index (κ2) is 7.74. The Kier molecular flexibility index (Phi) is 5.18. The monoisotopic (exact) mass is 370 g/mol. The summed E-state index contributed by atoms with van der Waals surface area (Å²) < 4.78 is 24.9. The van der Waals surface area contributed by atoms with Crippen molar-refractivity contribution < 1.29 is 18.7 Å². The molecule has 1 atom stereocenters. The highest BCUT2D eigenvalue weighted by atomic mass is 19.1. The minimum atomic E-state index is -0.238. The first-order valence-electron chi connectivity index (χ1n) is 9.29. The molecule has 4 rings (SSSR count). The van der Waals surface area contributed by atoms with Crippen LogP contribution in [0.25, 0.3) is 0 Å². The lowest BCUT2D eigenvalue weighted by molar-refractivity contribution is -0.0950. The normalized spacial score (nSPS) is 20.6. The molecular weight excluding hydrogens is 347 g/mol. The minimum Gasteiger partial charge on any atom is -0.377 e. The molecule has 0 saturated carbocycles. The van der Waals surface area contributed by atoms with E-state index in [1.165, 1.54) is 12.1 Å².